The lowest BCUT2D eigenvalue weighted by Gasteiger charge is -2.31. The molecule has 0 radical (unpaired) electrons. The lowest BCUT2D eigenvalue weighted by Crippen LogP contribution is -2.31. The first kappa shape index (κ1) is 11.0. The molecule has 0 saturated heterocycles. The highest BCUT2D eigenvalue weighted by molar-refractivity contribution is 4.92. The van der Waals surface area contributed by atoms with Crippen molar-refractivity contribution in [3.63, 3.8) is 0 Å². The Bertz CT molecular complexity index is 151. The largest absolute Gasteiger partial charge is 0.330 e. The van der Waals surface area contributed by atoms with E-state index in [1.54, 1.807) is 0 Å². The Hall–Kier alpha value is -0.0400. The van der Waals surface area contributed by atoms with Gasteiger partial charge in [-0.05, 0) is 43.1 Å². The van der Waals surface area contributed by atoms with Crippen LogP contribution in [-0.4, -0.2) is 6.54 Å². The predicted octanol–water partition coefficient (Wildman–Crippen LogP) is 3.19. The third-order valence-corrected chi connectivity index (χ3v) is 3.63. The van der Waals surface area contributed by atoms with Gasteiger partial charge in [0.15, 0.2) is 0 Å². The van der Waals surface area contributed by atoms with Crippen LogP contribution in [0.2, 0.25) is 0 Å². The maximum absolute atomic E-state index is 5.89. The van der Waals surface area contributed by atoms with Crippen molar-refractivity contribution in [2.75, 3.05) is 6.54 Å². The minimum absolute atomic E-state index is 0.453. The molecule has 1 nitrogen and oxygen atoms in total. The third kappa shape index (κ3) is 2.98. The van der Waals surface area contributed by atoms with Gasteiger partial charge in [0.05, 0.1) is 0 Å². The molecule has 0 amide bonds. The summed E-state index contributed by atoms with van der Waals surface area (Å²) in [5, 5.41) is 0. The number of hydrogen-bond acceptors (Lipinski definition) is 1. The van der Waals surface area contributed by atoms with Crippen molar-refractivity contribution in [3.8, 4) is 0 Å². The molecule has 13 heavy (non-hydrogen) atoms. The second kappa shape index (κ2) is 4.45. The Morgan fingerprint density at radius 3 is 2.46 bits per heavy atom. The number of nitrogens with two attached hydrogens (primary N) is 1. The number of hydrogen-bond donors (Lipinski definition) is 1. The van der Waals surface area contributed by atoms with E-state index >= 15 is 0 Å². The quantitative estimate of drug-likeness (QED) is 0.672. The minimum Gasteiger partial charge on any atom is -0.330 e. The van der Waals surface area contributed by atoms with Crippen LogP contribution in [0, 0.1) is 17.3 Å². The summed E-state index contributed by atoms with van der Waals surface area (Å²) in [6, 6.07) is 0. The molecule has 0 aromatic heterocycles. The fourth-order valence-electron chi connectivity index (χ4n) is 2.59. The van der Waals surface area contributed by atoms with Gasteiger partial charge < -0.3 is 5.73 Å². The van der Waals surface area contributed by atoms with E-state index in [0.29, 0.717) is 5.41 Å². The first-order chi connectivity index (χ1) is 6.12. The summed E-state index contributed by atoms with van der Waals surface area (Å²) in [5.74, 6) is 1.80. The molecule has 0 heterocycles. The van der Waals surface area contributed by atoms with E-state index in [1.165, 1.54) is 32.1 Å². The Balaban J connectivity index is 2.37. The lowest BCUT2D eigenvalue weighted by molar-refractivity contribution is 0.212. The molecule has 0 aromatic rings. The Morgan fingerprint density at radius 2 is 2.08 bits per heavy atom. The molecule has 1 rings (SSSR count). The van der Waals surface area contributed by atoms with Crippen molar-refractivity contribution in [1.82, 2.24) is 0 Å². The van der Waals surface area contributed by atoms with E-state index in [1.807, 2.05) is 0 Å². The van der Waals surface area contributed by atoms with Gasteiger partial charge in [0, 0.05) is 0 Å². The van der Waals surface area contributed by atoms with E-state index in [-0.39, 0.29) is 0 Å². The van der Waals surface area contributed by atoms with Gasteiger partial charge in [0.1, 0.15) is 0 Å². The van der Waals surface area contributed by atoms with Crippen LogP contribution in [0.1, 0.15) is 52.9 Å². The molecule has 0 aromatic carbocycles. The van der Waals surface area contributed by atoms with E-state index in [0.717, 1.165) is 18.4 Å². The van der Waals surface area contributed by atoms with Crippen LogP contribution in [0.5, 0.6) is 0 Å². The maximum Gasteiger partial charge on any atom is -0.00204 e. The van der Waals surface area contributed by atoms with Gasteiger partial charge in [0.2, 0.25) is 0 Å². The molecule has 1 aliphatic carbocycles. The van der Waals surface area contributed by atoms with E-state index in [9.17, 15) is 0 Å². The molecule has 2 unspecified atom stereocenters. The monoisotopic (exact) mass is 183 g/mol. The highest BCUT2D eigenvalue weighted by Gasteiger charge is 2.40. The summed E-state index contributed by atoms with van der Waals surface area (Å²) in [5.41, 5.74) is 6.35. The zero-order valence-electron chi connectivity index (χ0n) is 9.47. The summed E-state index contributed by atoms with van der Waals surface area (Å²) in [7, 11) is 0. The van der Waals surface area contributed by atoms with Crippen molar-refractivity contribution in [2.24, 2.45) is 23.0 Å². The van der Waals surface area contributed by atoms with Crippen LogP contribution in [0.15, 0.2) is 0 Å². The molecular formula is C12H25N. The van der Waals surface area contributed by atoms with Gasteiger partial charge in [-0.3, -0.25) is 0 Å². The average molecular weight is 183 g/mol. The summed E-state index contributed by atoms with van der Waals surface area (Å²) in [6.45, 7) is 7.91. The molecule has 2 N–H and O–H groups in total. The first-order valence-electron chi connectivity index (χ1n) is 5.82. The van der Waals surface area contributed by atoms with E-state index < -0.39 is 0 Å². The summed E-state index contributed by atoms with van der Waals surface area (Å²) < 4.78 is 0. The van der Waals surface area contributed by atoms with Crippen molar-refractivity contribution in [2.45, 2.75) is 52.9 Å². The molecule has 0 spiro atoms. The first-order valence-corrected chi connectivity index (χ1v) is 5.82. The van der Waals surface area contributed by atoms with E-state index in [2.05, 4.69) is 20.8 Å². The summed E-state index contributed by atoms with van der Waals surface area (Å²) in [6.07, 6.45) is 6.86. The van der Waals surface area contributed by atoms with Gasteiger partial charge in [-0.1, -0.05) is 33.6 Å². The van der Waals surface area contributed by atoms with Gasteiger partial charge in [-0.2, -0.15) is 0 Å². The molecule has 0 bridgehead atoms. The molecule has 0 aliphatic heterocycles. The second-order valence-corrected chi connectivity index (χ2v) is 5.23. The SMILES string of the molecule is CCCC(C)CC(C)(CN)C1CC1. The van der Waals surface area contributed by atoms with E-state index in [4.69, 9.17) is 5.73 Å². The van der Waals surface area contributed by atoms with Crippen molar-refractivity contribution < 1.29 is 0 Å². The van der Waals surface area contributed by atoms with Crippen LogP contribution >= 0.6 is 0 Å². The third-order valence-electron chi connectivity index (χ3n) is 3.63. The Labute approximate surface area is 83.1 Å². The smallest absolute Gasteiger partial charge is 0.00204 e. The Kier molecular flexibility index (Phi) is 3.78. The second-order valence-electron chi connectivity index (χ2n) is 5.23. The maximum atomic E-state index is 5.89. The van der Waals surface area contributed by atoms with Crippen LogP contribution in [0.4, 0.5) is 0 Å². The average Bonchev–Trinajstić information content (AvgIpc) is 2.86. The molecule has 2 atom stereocenters. The van der Waals surface area contributed by atoms with Gasteiger partial charge in [0.25, 0.3) is 0 Å². The van der Waals surface area contributed by atoms with Gasteiger partial charge in [-0.25, -0.2) is 0 Å². The normalized spacial score (nSPS) is 24.0. The lowest BCUT2D eigenvalue weighted by atomic mass is 9.76. The molecule has 1 fully saturated rings. The summed E-state index contributed by atoms with van der Waals surface area (Å²) in [4.78, 5) is 0. The highest BCUT2D eigenvalue weighted by atomic mass is 14.6. The van der Waals surface area contributed by atoms with Gasteiger partial charge in [-0.15, -0.1) is 0 Å². The molecule has 1 heteroatoms. The van der Waals surface area contributed by atoms with Gasteiger partial charge >= 0.3 is 0 Å². The topological polar surface area (TPSA) is 26.0 Å². The predicted molar refractivity (Wildman–Crippen MR) is 58.6 cm³/mol. The van der Waals surface area contributed by atoms with Crippen molar-refractivity contribution in [1.29, 1.82) is 0 Å². The fraction of sp³-hybridized carbons (Fsp3) is 1.00. The van der Waals surface area contributed by atoms with Crippen LogP contribution < -0.4 is 5.73 Å². The summed E-state index contributed by atoms with van der Waals surface area (Å²) >= 11 is 0. The Morgan fingerprint density at radius 1 is 1.46 bits per heavy atom. The van der Waals surface area contributed by atoms with Crippen LogP contribution in [0.3, 0.4) is 0 Å². The van der Waals surface area contributed by atoms with Crippen molar-refractivity contribution >= 4 is 0 Å². The van der Waals surface area contributed by atoms with Crippen molar-refractivity contribution in [3.05, 3.63) is 0 Å². The van der Waals surface area contributed by atoms with Crippen LogP contribution in [-0.2, 0) is 0 Å². The number of rotatable bonds is 6. The van der Waals surface area contributed by atoms with Crippen LogP contribution in [0.25, 0.3) is 0 Å². The molecule has 1 aliphatic rings. The minimum atomic E-state index is 0.453. The molecule has 1 saturated carbocycles. The molecule has 78 valence electrons. The fourth-order valence-corrected chi connectivity index (χ4v) is 2.59. The standard InChI is InChI=1S/C12H25N/c1-4-5-10(2)8-12(3,9-13)11-6-7-11/h10-11H,4-9,13H2,1-3H3. The molecular weight excluding hydrogens is 158 g/mol. The zero-order chi connectivity index (χ0) is 9.90. The zero-order valence-corrected chi connectivity index (χ0v) is 9.47. The highest BCUT2D eigenvalue weighted by Crippen LogP contribution is 2.48.